The van der Waals surface area contributed by atoms with Crippen LogP contribution in [0.5, 0.6) is 0 Å². The minimum atomic E-state index is -3.57. The summed E-state index contributed by atoms with van der Waals surface area (Å²) in [6.07, 6.45) is -0.431. The number of morpholine rings is 1. The van der Waals surface area contributed by atoms with Gasteiger partial charge in [-0.25, -0.2) is 8.42 Å². The van der Waals surface area contributed by atoms with E-state index in [2.05, 4.69) is 20.7 Å². The highest BCUT2D eigenvalue weighted by Gasteiger charge is 2.31. The highest BCUT2D eigenvalue weighted by atomic mass is 79.9. The van der Waals surface area contributed by atoms with Gasteiger partial charge in [-0.05, 0) is 24.3 Å². The number of carbonyl (C=O) groups is 1. The summed E-state index contributed by atoms with van der Waals surface area (Å²) < 4.78 is 37.2. The lowest BCUT2D eigenvalue weighted by molar-refractivity contribution is -0.145. The van der Waals surface area contributed by atoms with E-state index >= 15 is 0 Å². The van der Waals surface area contributed by atoms with Gasteiger partial charge in [-0.3, -0.25) is 4.79 Å². The Hall–Kier alpha value is -0.960. The number of benzene rings is 1. The Balaban J connectivity index is 2.12. The first-order valence-corrected chi connectivity index (χ1v) is 8.61. The number of nitrogens with zero attached hydrogens (tertiary/aromatic N) is 1. The van der Waals surface area contributed by atoms with Gasteiger partial charge < -0.3 is 9.47 Å². The minimum absolute atomic E-state index is 0.0445. The molecule has 8 heteroatoms. The number of sulfonamides is 1. The highest BCUT2D eigenvalue weighted by Crippen LogP contribution is 2.21. The maximum absolute atomic E-state index is 12.5. The molecule has 116 valence electrons. The van der Waals surface area contributed by atoms with Crippen molar-refractivity contribution in [2.45, 2.75) is 17.4 Å². The van der Waals surface area contributed by atoms with Crippen LogP contribution < -0.4 is 0 Å². The molecule has 0 radical (unpaired) electrons. The van der Waals surface area contributed by atoms with E-state index in [1.807, 2.05) is 0 Å². The third kappa shape index (κ3) is 4.03. The van der Waals surface area contributed by atoms with E-state index in [0.717, 1.165) is 4.47 Å². The third-order valence-corrected chi connectivity index (χ3v) is 5.58. The zero-order valence-electron chi connectivity index (χ0n) is 11.5. The van der Waals surface area contributed by atoms with Crippen molar-refractivity contribution in [1.29, 1.82) is 0 Å². The van der Waals surface area contributed by atoms with E-state index in [1.54, 1.807) is 24.3 Å². The predicted octanol–water partition coefficient (Wildman–Crippen LogP) is 1.40. The molecule has 0 N–H and O–H groups in total. The summed E-state index contributed by atoms with van der Waals surface area (Å²) in [4.78, 5) is 11.5. The van der Waals surface area contributed by atoms with Crippen LogP contribution in [0.4, 0.5) is 0 Å². The molecule has 1 aliphatic rings. The SMILES string of the molecule is COC(=O)CC1CN(S(=O)(=O)c2ccc(Br)cc2)CCO1. The molecule has 1 aromatic rings. The van der Waals surface area contributed by atoms with Crippen LogP contribution in [-0.4, -0.2) is 51.6 Å². The fraction of sp³-hybridized carbons (Fsp3) is 0.462. The Labute approximate surface area is 132 Å². The fourth-order valence-electron chi connectivity index (χ4n) is 2.06. The quantitative estimate of drug-likeness (QED) is 0.741. The summed E-state index contributed by atoms with van der Waals surface area (Å²) in [5, 5.41) is 0. The second kappa shape index (κ2) is 6.87. The van der Waals surface area contributed by atoms with E-state index < -0.39 is 22.1 Å². The third-order valence-electron chi connectivity index (χ3n) is 3.17. The smallest absolute Gasteiger partial charge is 0.308 e. The van der Waals surface area contributed by atoms with Crippen LogP contribution >= 0.6 is 15.9 Å². The maximum atomic E-state index is 12.5. The van der Waals surface area contributed by atoms with E-state index in [-0.39, 0.29) is 31.0 Å². The molecule has 0 spiro atoms. The summed E-state index contributed by atoms with van der Waals surface area (Å²) in [7, 11) is -2.28. The molecule has 1 aromatic carbocycles. The lowest BCUT2D eigenvalue weighted by Crippen LogP contribution is -2.46. The molecule has 1 atom stereocenters. The number of hydrogen-bond acceptors (Lipinski definition) is 5. The largest absolute Gasteiger partial charge is 0.469 e. The van der Waals surface area contributed by atoms with Crippen molar-refractivity contribution in [3.05, 3.63) is 28.7 Å². The topological polar surface area (TPSA) is 72.9 Å². The fourth-order valence-corrected chi connectivity index (χ4v) is 3.78. The van der Waals surface area contributed by atoms with Crippen LogP contribution in [0.15, 0.2) is 33.6 Å². The van der Waals surface area contributed by atoms with E-state index in [1.165, 1.54) is 11.4 Å². The predicted molar refractivity (Wildman–Crippen MR) is 79.3 cm³/mol. The Morgan fingerprint density at radius 3 is 2.71 bits per heavy atom. The lowest BCUT2D eigenvalue weighted by Gasteiger charge is -2.31. The summed E-state index contributed by atoms with van der Waals surface area (Å²) >= 11 is 3.27. The molecule has 1 saturated heterocycles. The van der Waals surface area contributed by atoms with Gasteiger partial charge in [0.05, 0.1) is 31.1 Å². The molecule has 1 aliphatic heterocycles. The van der Waals surface area contributed by atoms with E-state index in [4.69, 9.17) is 4.74 Å². The second-order valence-corrected chi connectivity index (χ2v) is 7.44. The van der Waals surface area contributed by atoms with Crippen LogP contribution in [0, 0.1) is 0 Å². The van der Waals surface area contributed by atoms with Crippen molar-refractivity contribution in [1.82, 2.24) is 4.31 Å². The van der Waals surface area contributed by atoms with Crippen LogP contribution in [-0.2, 0) is 24.3 Å². The summed E-state index contributed by atoms with van der Waals surface area (Å²) in [6.45, 7) is 0.682. The molecular weight excluding hydrogens is 362 g/mol. The normalized spacial score (nSPS) is 20.2. The first kappa shape index (κ1) is 16.4. The molecular formula is C13H16BrNO5S. The molecule has 2 rings (SSSR count). The van der Waals surface area contributed by atoms with E-state index in [9.17, 15) is 13.2 Å². The number of methoxy groups -OCH3 is 1. The van der Waals surface area contributed by atoms with Crippen LogP contribution in [0.1, 0.15) is 6.42 Å². The molecule has 1 unspecified atom stereocenters. The van der Waals surface area contributed by atoms with Gasteiger partial charge in [-0.2, -0.15) is 4.31 Å². The van der Waals surface area contributed by atoms with Crippen molar-refractivity contribution in [2.75, 3.05) is 26.8 Å². The molecule has 0 aliphatic carbocycles. The average Bonchev–Trinajstić information content (AvgIpc) is 2.48. The molecule has 1 heterocycles. The zero-order chi connectivity index (χ0) is 15.5. The number of hydrogen-bond donors (Lipinski definition) is 0. The van der Waals surface area contributed by atoms with Crippen LogP contribution in [0.3, 0.4) is 0 Å². The summed E-state index contributed by atoms with van der Waals surface area (Å²) in [5.74, 6) is -0.414. The summed E-state index contributed by atoms with van der Waals surface area (Å²) in [5.41, 5.74) is 0. The lowest BCUT2D eigenvalue weighted by atomic mass is 10.2. The Bertz CT molecular complexity index is 601. The molecule has 0 saturated carbocycles. The van der Waals surface area contributed by atoms with Crippen LogP contribution in [0.2, 0.25) is 0 Å². The maximum Gasteiger partial charge on any atom is 0.308 e. The molecule has 0 bridgehead atoms. The number of esters is 1. The van der Waals surface area contributed by atoms with Gasteiger partial charge in [0.1, 0.15) is 0 Å². The van der Waals surface area contributed by atoms with E-state index in [0.29, 0.717) is 0 Å². The number of halogens is 1. The van der Waals surface area contributed by atoms with Crippen molar-refractivity contribution in [3.63, 3.8) is 0 Å². The molecule has 1 fully saturated rings. The van der Waals surface area contributed by atoms with Gasteiger partial charge in [0.25, 0.3) is 0 Å². The first-order chi connectivity index (χ1) is 9.93. The molecule has 0 aromatic heterocycles. The monoisotopic (exact) mass is 377 g/mol. The Morgan fingerprint density at radius 2 is 2.10 bits per heavy atom. The van der Waals surface area contributed by atoms with Crippen molar-refractivity contribution in [3.8, 4) is 0 Å². The number of ether oxygens (including phenoxy) is 2. The van der Waals surface area contributed by atoms with Crippen molar-refractivity contribution < 1.29 is 22.7 Å². The first-order valence-electron chi connectivity index (χ1n) is 6.37. The highest BCUT2D eigenvalue weighted by molar-refractivity contribution is 9.10. The Morgan fingerprint density at radius 1 is 1.43 bits per heavy atom. The van der Waals surface area contributed by atoms with Gasteiger partial charge in [0, 0.05) is 17.6 Å². The molecule has 21 heavy (non-hydrogen) atoms. The van der Waals surface area contributed by atoms with Gasteiger partial charge in [-0.15, -0.1) is 0 Å². The van der Waals surface area contributed by atoms with Gasteiger partial charge in [-0.1, -0.05) is 15.9 Å². The van der Waals surface area contributed by atoms with Crippen molar-refractivity contribution >= 4 is 31.9 Å². The molecule has 0 amide bonds. The van der Waals surface area contributed by atoms with Crippen molar-refractivity contribution in [2.24, 2.45) is 0 Å². The second-order valence-electron chi connectivity index (χ2n) is 4.59. The number of carbonyl (C=O) groups excluding carboxylic acids is 1. The van der Waals surface area contributed by atoms with Gasteiger partial charge in [0.2, 0.25) is 10.0 Å². The van der Waals surface area contributed by atoms with Gasteiger partial charge in [0.15, 0.2) is 0 Å². The standard InChI is InChI=1S/C13H16BrNO5S/c1-19-13(16)8-11-9-15(6-7-20-11)21(17,18)12-4-2-10(14)3-5-12/h2-5,11H,6-9H2,1H3. The number of rotatable bonds is 4. The van der Waals surface area contributed by atoms with Crippen LogP contribution in [0.25, 0.3) is 0 Å². The minimum Gasteiger partial charge on any atom is -0.469 e. The molecule has 6 nitrogen and oxygen atoms in total. The average molecular weight is 378 g/mol. The Kier molecular flexibility index (Phi) is 5.37. The summed E-state index contributed by atoms with van der Waals surface area (Å²) in [6, 6.07) is 6.45. The van der Waals surface area contributed by atoms with Gasteiger partial charge >= 0.3 is 5.97 Å². The zero-order valence-corrected chi connectivity index (χ0v) is 13.9.